The minimum Gasteiger partial charge on any atom is -0.465 e. The minimum atomic E-state index is -4.02. The minimum absolute atomic E-state index is 0.0666. The van der Waals surface area contributed by atoms with Crippen molar-refractivity contribution < 1.29 is 22.5 Å². The summed E-state index contributed by atoms with van der Waals surface area (Å²) in [6.45, 7) is 6.31. The number of benzene rings is 1. The number of carbonyl (C=O) groups is 1. The van der Waals surface area contributed by atoms with Crippen molar-refractivity contribution in [2.45, 2.75) is 134 Å². The average Bonchev–Trinajstić information content (AvgIpc) is 2.81. The molecule has 1 aromatic rings. The van der Waals surface area contributed by atoms with Gasteiger partial charge in [-0.25, -0.2) is 0 Å². The van der Waals surface area contributed by atoms with Crippen LogP contribution in [0, 0.1) is 6.92 Å². The predicted molar refractivity (Wildman–Crippen MR) is 145 cm³/mol. The van der Waals surface area contributed by atoms with Crippen LogP contribution in [0.2, 0.25) is 0 Å². The molecular formula is C28H51NO5S. The Morgan fingerprint density at radius 1 is 0.800 bits per heavy atom. The van der Waals surface area contributed by atoms with Gasteiger partial charge in [0.2, 0.25) is 0 Å². The van der Waals surface area contributed by atoms with E-state index >= 15 is 0 Å². The zero-order valence-corrected chi connectivity index (χ0v) is 23.3. The molecule has 0 saturated carbocycles. The Kier molecular flexibility index (Phi) is 20.9. The molecule has 1 aromatic carbocycles. The van der Waals surface area contributed by atoms with Crippen LogP contribution in [0.15, 0.2) is 29.2 Å². The molecule has 1 atom stereocenters. The molecule has 0 fully saturated rings. The number of ether oxygens (including phenoxy) is 1. The van der Waals surface area contributed by atoms with Crippen LogP contribution in [0.1, 0.15) is 122 Å². The second-order valence-electron chi connectivity index (χ2n) is 9.55. The summed E-state index contributed by atoms with van der Waals surface area (Å²) in [7, 11) is -4.02. The lowest BCUT2D eigenvalue weighted by molar-refractivity contribution is -0.144. The number of esters is 1. The summed E-state index contributed by atoms with van der Waals surface area (Å²) in [5.41, 5.74) is 6.39. The standard InChI is InChI=1S/C21H43NO2.C7H8O3S/c1-3-4-5-6-7-8-9-10-11-12-13-14-15-16-17-18-19-24-21(23)20(2)22;1-6-2-4-7(5-3-6)11(8,9)10/h20H,3-19,22H2,1-2H3;2-5H,1H3,(H,8,9,10)/t20-;/m0./s1. The van der Waals surface area contributed by atoms with Crippen molar-refractivity contribution in [3.8, 4) is 0 Å². The van der Waals surface area contributed by atoms with E-state index in [0.29, 0.717) is 6.61 Å². The van der Waals surface area contributed by atoms with Gasteiger partial charge in [-0.1, -0.05) is 121 Å². The lowest BCUT2D eigenvalue weighted by Gasteiger charge is -2.07. The maximum absolute atomic E-state index is 11.2. The molecule has 35 heavy (non-hydrogen) atoms. The van der Waals surface area contributed by atoms with Crippen molar-refractivity contribution in [2.24, 2.45) is 5.73 Å². The van der Waals surface area contributed by atoms with Gasteiger partial charge in [0.05, 0.1) is 11.5 Å². The van der Waals surface area contributed by atoms with Crippen molar-refractivity contribution in [2.75, 3.05) is 6.61 Å². The number of hydrogen-bond donors (Lipinski definition) is 2. The van der Waals surface area contributed by atoms with Crippen LogP contribution < -0.4 is 5.73 Å². The Morgan fingerprint density at radius 3 is 1.51 bits per heavy atom. The van der Waals surface area contributed by atoms with Crippen molar-refractivity contribution in [1.29, 1.82) is 0 Å². The number of carbonyl (C=O) groups excluding carboxylic acids is 1. The van der Waals surface area contributed by atoms with Gasteiger partial charge in [0.15, 0.2) is 0 Å². The highest BCUT2D eigenvalue weighted by Crippen LogP contribution is 2.13. The number of unbranched alkanes of at least 4 members (excludes halogenated alkanes) is 15. The fourth-order valence-electron chi connectivity index (χ4n) is 3.66. The van der Waals surface area contributed by atoms with Crippen molar-refractivity contribution >= 4 is 16.1 Å². The van der Waals surface area contributed by atoms with Crippen LogP contribution in [-0.4, -0.2) is 31.6 Å². The summed E-state index contributed by atoms with van der Waals surface area (Å²) < 4.78 is 34.6. The van der Waals surface area contributed by atoms with Crippen LogP contribution >= 0.6 is 0 Å². The van der Waals surface area contributed by atoms with Gasteiger partial charge < -0.3 is 10.5 Å². The molecule has 0 radical (unpaired) electrons. The second kappa shape index (κ2) is 21.8. The molecule has 7 heteroatoms. The zero-order valence-electron chi connectivity index (χ0n) is 22.5. The van der Waals surface area contributed by atoms with Gasteiger partial charge in [-0.2, -0.15) is 8.42 Å². The van der Waals surface area contributed by atoms with E-state index in [4.69, 9.17) is 15.0 Å². The maximum atomic E-state index is 11.2. The first-order valence-corrected chi connectivity index (χ1v) is 15.1. The fraction of sp³-hybridized carbons (Fsp3) is 0.750. The van der Waals surface area contributed by atoms with E-state index in [0.717, 1.165) is 18.4 Å². The average molecular weight is 514 g/mol. The summed E-state index contributed by atoms with van der Waals surface area (Å²) in [5, 5.41) is 0. The van der Waals surface area contributed by atoms with Crippen LogP contribution in [0.4, 0.5) is 0 Å². The highest BCUT2D eigenvalue weighted by molar-refractivity contribution is 7.85. The lowest BCUT2D eigenvalue weighted by atomic mass is 10.0. The van der Waals surface area contributed by atoms with E-state index in [9.17, 15) is 13.2 Å². The highest BCUT2D eigenvalue weighted by atomic mass is 32.2. The number of hydrogen-bond acceptors (Lipinski definition) is 5. The highest BCUT2D eigenvalue weighted by Gasteiger charge is 2.08. The third-order valence-corrected chi connectivity index (χ3v) is 6.80. The van der Waals surface area contributed by atoms with E-state index < -0.39 is 16.2 Å². The molecule has 3 N–H and O–H groups in total. The summed E-state index contributed by atoms with van der Waals surface area (Å²) >= 11 is 0. The number of aryl methyl sites for hydroxylation is 1. The third kappa shape index (κ3) is 21.6. The SMILES string of the molecule is CCCCCCCCCCCCCCCCCCOC(=O)[C@H](C)N.Cc1ccc(S(=O)(=O)O)cc1. The van der Waals surface area contributed by atoms with Gasteiger partial charge in [-0.05, 0) is 32.4 Å². The smallest absolute Gasteiger partial charge is 0.322 e. The molecule has 0 bridgehead atoms. The van der Waals surface area contributed by atoms with Crippen LogP contribution in [0.3, 0.4) is 0 Å². The summed E-state index contributed by atoms with van der Waals surface area (Å²) in [6, 6.07) is 5.49. The first kappa shape index (κ1) is 33.6. The molecule has 0 aliphatic carbocycles. The third-order valence-electron chi connectivity index (χ3n) is 5.93. The quantitative estimate of drug-likeness (QED) is 0.113. The summed E-state index contributed by atoms with van der Waals surface area (Å²) in [4.78, 5) is 11.1. The summed E-state index contributed by atoms with van der Waals surface area (Å²) in [5.74, 6) is -0.282. The van der Waals surface area contributed by atoms with Crippen molar-refractivity contribution in [1.82, 2.24) is 0 Å². The summed E-state index contributed by atoms with van der Waals surface area (Å²) in [6.07, 6.45) is 21.7. The number of nitrogens with two attached hydrogens (primary N) is 1. The van der Waals surface area contributed by atoms with Crippen LogP contribution in [-0.2, 0) is 19.6 Å². The Morgan fingerprint density at radius 2 is 1.17 bits per heavy atom. The van der Waals surface area contributed by atoms with Crippen molar-refractivity contribution in [3.63, 3.8) is 0 Å². The topological polar surface area (TPSA) is 107 Å². The Hall–Kier alpha value is -1.44. The van der Waals surface area contributed by atoms with Gasteiger partial charge in [0.1, 0.15) is 6.04 Å². The zero-order chi connectivity index (χ0) is 26.4. The van der Waals surface area contributed by atoms with Crippen LogP contribution in [0.25, 0.3) is 0 Å². The van der Waals surface area contributed by atoms with E-state index in [1.807, 2.05) is 6.92 Å². The maximum Gasteiger partial charge on any atom is 0.322 e. The Balaban J connectivity index is 0.000000867. The first-order valence-electron chi connectivity index (χ1n) is 13.6. The first-order chi connectivity index (χ1) is 16.7. The molecule has 0 aliphatic rings. The van der Waals surface area contributed by atoms with Gasteiger partial charge in [-0.3, -0.25) is 9.35 Å². The monoisotopic (exact) mass is 513 g/mol. The fourth-order valence-corrected chi connectivity index (χ4v) is 4.14. The van der Waals surface area contributed by atoms with E-state index in [-0.39, 0.29) is 10.9 Å². The second-order valence-corrected chi connectivity index (χ2v) is 11.0. The molecule has 0 unspecified atom stereocenters. The van der Waals surface area contributed by atoms with E-state index in [1.165, 1.54) is 102 Å². The molecule has 1 rings (SSSR count). The van der Waals surface area contributed by atoms with Gasteiger partial charge in [0, 0.05) is 0 Å². The Labute approximate surface area is 215 Å². The largest absolute Gasteiger partial charge is 0.465 e. The van der Waals surface area contributed by atoms with Gasteiger partial charge in [0.25, 0.3) is 10.1 Å². The normalized spacial score (nSPS) is 12.0. The molecular weight excluding hydrogens is 462 g/mol. The Bertz CT molecular complexity index is 732. The van der Waals surface area contributed by atoms with E-state index in [1.54, 1.807) is 19.1 Å². The molecule has 6 nitrogen and oxygen atoms in total. The lowest BCUT2D eigenvalue weighted by Crippen LogP contribution is -2.28. The van der Waals surface area contributed by atoms with Crippen LogP contribution in [0.5, 0.6) is 0 Å². The molecule has 0 amide bonds. The predicted octanol–water partition coefficient (Wildman–Crippen LogP) is 7.38. The number of rotatable bonds is 19. The molecule has 0 spiro atoms. The van der Waals surface area contributed by atoms with E-state index in [2.05, 4.69) is 6.92 Å². The molecule has 0 aliphatic heterocycles. The molecule has 204 valence electrons. The van der Waals surface area contributed by atoms with Gasteiger partial charge in [-0.15, -0.1) is 0 Å². The molecule has 0 saturated heterocycles. The van der Waals surface area contributed by atoms with Crippen molar-refractivity contribution in [3.05, 3.63) is 29.8 Å². The molecule has 0 aromatic heterocycles. The molecule has 0 heterocycles. The van der Waals surface area contributed by atoms with Gasteiger partial charge >= 0.3 is 5.97 Å².